The van der Waals surface area contributed by atoms with Gasteiger partial charge in [-0.05, 0) is 37.2 Å². The molecule has 1 aliphatic heterocycles. The minimum absolute atomic E-state index is 0.00620. The van der Waals surface area contributed by atoms with Gasteiger partial charge in [-0.15, -0.1) is 0 Å². The number of carbonyl (C=O) groups is 2. The van der Waals surface area contributed by atoms with Crippen molar-refractivity contribution in [1.82, 2.24) is 10.2 Å². The number of carbonyl (C=O) groups excluding carboxylic acids is 2. The minimum atomic E-state index is -0.00620. The highest BCUT2D eigenvalue weighted by Gasteiger charge is 2.17. The summed E-state index contributed by atoms with van der Waals surface area (Å²) < 4.78 is 0. The van der Waals surface area contributed by atoms with E-state index in [1.807, 2.05) is 0 Å². The summed E-state index contributed by atoms with van der Waals surface area (Å²) >= 11 is 0. The van der Waals surface area contributed by atoms with Crippen LogP contribution >= 0.6 is 0 Å². The van der Waals surface area contributed by atoms with Crippen LogP contribution < -0.4 is 5.32 Å². The first kappa shape index (κ1) is 18.5. The first-order valence-electron chi connectivity index (χ1n) is 8.25. The van der Waals surface area contributed by atoms with Gasteiger partial charge in [0.25, 0.3) is 5.91 Å². The van der Waals surface area contributed by atoms with Gasteiger partial charge in [-0.1, -0.05) is 33.8 Å². The molecule has 1 heterocycles. The SMILES string of the molecule is C=C1C=CC(=O)N1CCCCC(=O)NCCCCC(C)(C)C. The first-order chi connectivity index (χ1) is 10.3. The summed E-state index contributed by atoms with van der Waals surface area (Å²) in [6, 6.07) is 0. The lowest BCUT2D eigenvalue weighted by Gasteiger charge is -2.17. The lowest BCUT2D eigenvalue weighted by molar-refractivity contribution is -0.123. The zero-order valence-electron chi connectivity index (χ0n) is 14.3. The second-order valence-electron chi connectivity index (χ2n) is 7.14. The molecule has 0 bridgehead atoms. The molecule has 0 saturated heterocycles. The van der Waals surface area contributed by atoms with Gasteiger partial charge in [0, 0.05) is 31.3 Å². The van der Waals surface area contributed by atoms with Crippen LogP contribution in [0.3, 0.4) is 0 Å². The van der Waals surface area contributed by atoms with Gasteiger partial charge in [-0.25, -0.2) is 0 Å². The predicted octanol–water partition coefficient (Wildman–Crippen LogP) is 3.40. The van der Waals surface area contributed by atoms with E-state index in [2.05, 4.69) is 32.7 Å². The molecule has 1 rings (SSSR count). The standard InChI is InChI=1S/C18H30N2O2/c1-15-10-11-17(22)20(15)14-8-5-9-16(21)19-13-7-6-12-18(2,3)4/h10-11H,1,5-9,12-14H2,2-4H3,(H,19,21). The Balaban J connectivity index is 2.00. The third kappa shape index (κ3) is 7.43. The molecule has 22 heavy (non-hydrogen) atoms. The van der Waals surface area contributed by atoms with E-state index in [1.165, 1.54) is 12.5 Å². The monoisotopic (exact) mass is 306 g/mol. The molecule has 0 atom stereocenters. The fraction of sp³-hybridized carbons (Fsp3) is 0.667. The number of nitrogens with one attached hydrogen (secondary N) is 1. The van der Waals surface area contributed by atoms with Crippen molar-refractivity contribution in [2.75, 3.05) is 13.1 Å². The van der Waals surface area contributed by atoms with Crippen molar-refractivity contribution in [2.24, 2.45) is 5.41 Å². The van der Waals surface area contributed by atoms with Crippen LogP contribution in [-0.4, -0.2) is 29.8 Å². The van der Waals surface area contributed by atoms with E-state index < -0.39 is 0 Å². The number of hydrogen-bond acceptors (Lipinski definition) is 2. The van der Waals surface area contributed by atoms with Gasteiger partial charge in [0.05, 0.1) is 0 Å². The van der Waals surface area contributed by atoms with E-state index in [0.29, 0.717) is 18.4 Å². The molecule has 1 N–H and O–H groups in total. The summed E-state index contributed by atoms with van der Waals surface area (Å²) in [5.74, 6) is 0.105. The van der Waals surface area contributed by atoms with Crippen molar-refractivity contribution in [1.29, 1.82) is 0 Å². The van der Waals surface area contributed by atoms with Crippen LogP contribution in [0.2, 0.25) is 0 Å². The van der Waals surface area contributed by atoms with Crippen molar-refractivity contribution in [2.45, 2.75) is 59.3 Å². The maximum absolute atomic E-state index is 11.7. The molecule has 0 unspecified atom stereocenters. The Bertz CT molecular complexity index is 415. The van der Waals surface area contributed by atoms with Gasteiger partial charge in [0.15, 0.2) is 0 Å². The molecule has 0 fully saturated rings. The zero-order chi connectivity index (χ0) is 16.6. The van der Waals surface area contributed by atoms with E-state index in [0.717, 1.165) is 37.9 Å². The largest absolute Gasteiger partial charge is 0.356 e. The topological polar surface area (TPSA) is 49.4 Å². The Morgan fingerprint density at radius 1 is 1.18 bits per heavy atom. The van der Waals surface area contributed by atoms with Gasteiger partial charge in [-0.2, -0.15) is 0 Å². The second kappa shape index (κ2) is 8.76. The predicted molar refractivity (Wildman–Crippen MR) is 90.2 cm³/mol. The molecule has 1 aliphatic rings. The molecule has 0 aliphatic carbocycles. The molecular formula is C18H30N2O2. The summed E-state index contributed by atoms with van der Waals surface area (Å²) in [5.41, 5.74) is 1.11. The fourth-order valence-corrected chi connectivity index (χ4v) is 2.39. The first-order valence-corrected chi connectivity index (χ1v) is 8.25. The average Bonchev–Trinajstić information content (AvgIpc) is 2.73. The summed E-state index contributed by atoms with van der Waals surface area (Å²) in [5, 5.41) is 2.97. The van der Waals surface area contributed by atoms with Crippen molar-refractivity contribution in [3.8, 4) is 0 Å². The molecule has 0 aromatic carbocycles. The van der Waals surface area contributed by atoms with Gasteiger partial charge < -0.3 is 10.2 Å². The number of rotatable bonds is 9. The number of nitrogens with zero attached hydrogens (tertiary/aromatic N) is 1. The molecule has 2 amide bonds. The summed E-state index contributed by atoms with van der Waals surface area (Å²) in [7, 11) is 0. The van der Waals surface area contributed by atoms with Gasteiger partial charge in [-0.3, -0.25) is 9.59 Å². The van der Waals surface area contributed by atoms with Crippen LogP contribution in [-0.2, 0) is 9.59 Å². The van der Waals surface area contributed by atoms with Crippen LogP contribution in [0, 0.1) is 5.41 Å². The van der Waals surface area contributed by atoms with Crippen LogP contribution in [0.5, 0.6) is 0 Å². The number of unbranched alkanes of at least 4 members (excludes halogenated alkanes) is 2. The molecule has 124 valence electrons. The second-order valence-corrected chi connectivity index (χ2v) is 7.14. The van der Waals surface area contributed by atoms with Crippen LogP contribution in [0.4, 0.5) is 0 Å². The van der Waals surface area contributed by atoms with E-state index >= 15 is 0 Å². The molecule has 4 heteroatoms. The number of hydrogen-bond donors (Lipinski definition) is 1. The summed E-state index contributed by atoms with van der Waals surface area (Å²) in [6.45, 7) is 11.9. The highest BCUT2D eigenvalue weighted by molar-refractivity contribution is 5.92. The van der Waals surface area contributed by atoms with Crippen molar-refractivity contribution in [3.05, 3.63) is 24.4 Å². The molecule has 0 aromatic rings. The van der Waals surface area contributed by atoms with Crippen LogP contribution in [0.25, 0.3) is 0 Å². The highest BCUT2D eigenvalue weighted by Crippen LogP contribution is 2.21. The van der Waals surface area contributed by atoms with Gasteiger partial charge in [0.2, 0.25) is 5.91 Å². The van der Waals surface area contributed by atoms with Crippen molar-refractivity contribution < 1.29 is 9.59 Å². The molecule has 0 spiro atoms. The lowest BCUT2D eigenvalue weighted by Crippen LogP contribution is -2.26. The van der Waals surface area contributed by atoms with Gasteiger partial charge in [0.1, 0.15) is 0 Å². The number of allylic oxidation sites excluding steroid dienone is 1. The maximum atomic E-state index is 11.7. The van der Waals surface area contributed by atoms with Crippen LogP contribution in [0.15, 0.2) is 24.4 Å². The molecule has 4 nitrogen and oxygen atoms in total. The van der Waals surface area contributed by atoms with Crippen molar-refractivity contribution >= 4 is 11.8 Å². The smallest absolute Gasteiger partial charge is 0.251 e. The normalized spacial score (nSPS) is 14.8. The zero-order valence-corrected chi connectivity index (χ0v) is 14.3. The van der Waals surface area contributed by atoms with Crippen LogP contribution in [0.1, 0.15) is 59.3 Å². The minimum Gasteiger partial charge on any atom is -0.356 e. The lowest BCUT2D eigenvalue weighted by atomic mass is 9.90. The Morgan fingerprint density at radius 3 is 2.50 bits per heavy atom. The third-order valence-corrected chi connectivity index (χ3v) is 3.74. The Morgan fingerprint density at radius 2 is 1.91 bits per heavy atom. The third-order valence-electron chi connectivity index (χ3n) is 3.74. The summed E-state index contributed by atoms with van der Waals surface area (Å²) in [6.07, 6.45) is 8.78. The number of amides is 2. The van der Waals surface area contributed by atoms with E-state index in [4.69, 9.17) is 0 Å². The molecule has 0 radical (unpaired) electrons. The van der Waals surface area contributed by atoms with E-state index in [1.54, 1.807) is 11.0 Å². The molecule has 0 aromatic heterocycles. The van der Waals surface area contributed by atoms with E-state index in [9.17, 15) is 9.59 Å². The molecular weight excluding hydrogens is 276 g/mol. The molecule has 0 saturated carbocycles. The Kier molecular flexibility index (Phi) is 7.36. The van der Waals surface area contributed by atoms with E-state index in [-0.39, 0.29) is 11.8 Å². The van der Waals surface area contributed by atoms with Gasteiger partial charge >= 0.3 is 0 Å². The maximum Gasteiger partial charge on any atom is 0.251 e. The average molecular weight is 306 g/mol. The highest BCUT2D eigenvalue weighted by atomic mass is 16.2. The fourth-order valence-electron chi connectivity index (χ4n) is 2.39. The quantitative estimate of drug-likeness (QED) is 0.664. The Hall–Kier alpha value is -1.58. The van der Waals surface area contributed by atoms with Crippen molar-refractivity contribution in [3.63, 3.8) is 0 Å². The Labute approximate surface area is 134 Å². The summed E-state index contributed by atoms with van der Waals surface area (Å²) in [4.78, 5) is 24.8.